The number of hydrogen-bond acceptors (Lipinski definition) is 5. The van der Waals surface area contributed by atoms with Crippen molar-refractivity contribution in [3.63, 3.8) is 0 Å². The first kappa shape index (κ1) is 22.1. The molecule has 6 nitrogen and oxygen atoms in total. The second-order valence-corrected chi connectivity index (χ2v) is 10.7. The van der Waals surface area contributed by atoms with E-state index in [4.69, 9.17) is 0 Å². The molecule has 31 heavy (non-hydrogen) atoms. The summed E-state index contributed by atoms with van der Waals surface area (Å²) < 4.78 is 16.3. The van der Waals surface area contributed by atoms with Crippen LogP contribution < -0.4 is 10.9 Å². The van der Waals surface area contributed by atoms with Crippen LogP contribution in [0.5, 0.6) is 0 Å². The number of piperidine rings is 1. The fraction of sp³-hybridized carbons (Fsp3) is 0.391. The number of benzene rings is 1. The molecule has 0 spiro atoms. The Labute approximate surface area is 189 Å². The topological polar surface area (TPSA) is 77.4 Å². The van der Waals surface area contributed by atoms with Crippen molar-refractivity contribution in [2.75, 3.05) is 24.7 Å². The fourth-order valence-corrected chi connectivity index (χ4v) is 6.25. The summed E-state index contributed by atoms with van der Waals surface area (Å²) in [5.41, 5.74) is 2.72. The van der Waals surface area contributed by atoms with Gasteiger partial charge in [-0.15, -0.1) is 15.6 Å². The van der Waals surface area contributed by atoms with Crippen molar-refractivity contribution in [1.82, 2.24) is 8.87 Å². The summed E-state index contributed by atoms with van der Waals surface area (Å²) in [6, 6.07) is 9.77. The summed E-state index contributed by atoms with van der Waals surface area (Å²) in [5, 5.41) is 3.58. The normalized spacial score (nSPS) is 16.5. The number of hydrogen-bond donors (Lipinski definition) is 1. The zero-order chi connectivity index (χ0) is 22.1. The van der Waals surface area contributed by atoms with E-state index in [9.17, 15) is 14.1 Å². The molecule has 164 valence electrons. The number of nitrogens with one attached hydrogen (secondary N) is 1. The number of carbonyl (C=O) groups is 1. The van der Waals surface area contributed by atoms with Gasteiger partial charge in [-0.25, -0.2) is 0 Å². The molecule has 1 aliphatic rings. The summed E-state index contributed by atoms with van der Waals surface area (Å²) in [4.78, 5) is 25.5. The van der Waals surface area contributed by atoms with Crippen LogP contribution in [-0.2, 0) is 29.6 Å². The van der Waals surface area contributed by atoms with Gasteiger partial charge < -0.3 is 14.4 Å². The summed E-state index contributed by atoms with van der Waals surface area (Å²) in [6.07, 6.45) is 6.62. The van der Waals surface area contributed by atoms with Gasteiger partial charge in [0.15, 0.2) is 0 Å². The second-order valence-electron chi connectivity index (χ2n) is 8.18. The van der Waals surface area contributed by atoms with Gasteiger partial charge in [-0.1, -0.05) is 12.1 Å². The molecule has 3 heterocycles. The van der Waals surface area contributed by atoms with E-state index >= 15 is 0 Å². The zero-order valence-corrected chi connectivity index (χ0v) is 19.6. The van der Waals surface area contributed by atoms with Gasteiger partial charge in [0, 0.05) is 65.4 Å². The molecule has 0 saturated carbocycles. The molecule has 0 radical (unpaired) electrons. The summed E-state index contributed by atoms with van der Waals surface area (Å²) in [6.45, 7) is 3.22. The molecule has 1 unspecified atom stereocenters. The van der Waals surface area contributed by atoms with Gasteiger partial charge in [-0.3, -0.25) is 9.59 Å². The van der Waals surface area contributed by atoms with Crippen molar-refractivity contribution in [3.8, 4) is 11.1 Å². The first-order chi connectivity index (χ1) is 14.8. The van der Waals surface area contributed by atoms with Gasteiger partial charge in [-0.2, -0.15) is 0 Å². The molecule has 1 amide bonds. The summed E-state index contributed by atoms with van der Waals surface area (Å²) in [5.74, 6) is 0.433. The molecule has 1 aliphatic heterocycles. The van der Waals surface area contributed by atoms with Gasteiger partial charge in [0.2, 0.25) is 5.91 Å². The molecular weight excluding hydrogens is 430 g/mol. The van der Waals surface area contributed by atoms with Gasteiger partial charge >= 0.3 is 0 Å². The van der Waals surface area contributed by atoms with Crippen LogP contribution in [0.4, 0.5) is 5.69 Å². The number of aryl methyl sites for hydroxylation is 1. The van der Waals surface area contributed by atoms with Crippen LogP contribution in [0, 0.1) is 5.92 Å². The molecule has 4 rings (SSSR count). The number of anilines is 1. The Balaban J connectivity index is 1.66. The van der Waals surface area contributed by atoms with Gasteiger partial charge in [-0.05, 0) is 48.9 Å². The average Bonchev–Trinajstić information content (AvgIpc) is 3.14. The third-order valence-corrected chi connectivity index (χ3v) is 8.11. The standard InChI is InChI=1S/C23H27N3O3S2/c1-15(27)24-18-6-4-5-17(12-18)21-14-25(2)23(28)20-13-19(30-22(20)21)11-16-7-9-26(10-8-16)31(3)29/h4-6,12-14,16H,7-11H2,1-3H3,(H,24,27). The van der Waals surface area contributed by atoms with Crippen LogP contribution >= 0.6 is 11.3 Å². The van der Waals surface area contributed by atoms with Crippen molar-refractivity contribution in [2.24, 2.45) is 13.0 Å². The van der Waals surface area contributed by atoms with Crippen molar-refractivity contribution >= 4 is 44.4 Å². The summed E-state index contributed by atoms with van der Waals surface area (Å²) >= 11 is 0.792. The highest BCUT2D eigenvalue weighted by atomic mass is 32.2. The largest absolute Gasteiger partial charge is 0.598 e. The molecule has 3 aromatic rings. The third kappa shape index (κ3) is 4.87. The number of rotatable bonds is 5. The van der Waals surface area contributed by atoms with Crippen LogP contribution in [-0.4, -0.2) is 38.7 Å². The lowest BCUT2D eigenvalue weighted by molar-refractivity contribution is -0.114. The maximum atomic E-state index is 12.8. The van der Waals surface area contributed by atoms with E-state index in [0.29, 0.717) is 5.92 Å². The number of carbonyl (C=O) groups excluding carboxylic acids is 1. The molecule has 0 bridgehead atoms. The number of thiophene rings is 1. The Morgan fingerprint density at radius 2 is 2.03 bits per heavy atom. The van der Waals surface area contributed by atoms with Crippen molar-refractivity contribution in [3.05, 3.63) is 51.8 Å². The lowest BCUT2D eigenvalue weighted by Gasteiger charge is -2.30. The lowest BCUT2D eigenvalue weighted by Crippen LogP contribution is -2.38. The van der Waals surface area contributed by atoms with Crippen LogP contribution in [0.2, 0.25) is 0 Å². The Kier molecular flexibility index (Phi) is 6.52. The molecule has 1 atom stereocenters. The lowest BCUT2D eigenvalue weighted by atomic mass is 9.94. The number of aromatic nitrogens is 1. The molecule has 8 heteroatoms. The Morgan fingerprint density at radius 3 is 2.71 bits per heavy atom. The zero-order valence-electron chi connectivity index (χ0n) is 18.0. The van der Waals surface area contributed by atoms with Gasteiger partial charge in [0.25, 0.3) is 5.56 Å². The molecule has 1 aromatic carbocycles. The van der Waals surface area contributed by atoms with Crippen molar-refractivity contribution < 1.29 is 9.35 Å². The monoisotopic (exact) mass is 457 g/mol. The Bertz CT molecular complexity index is 1160. The van der Waals surface area contributed by atoms with E-state index < -0.39 is 11.4 Å². The quantitative estimate of drug-likeness (QED) is 0.592. The average molecular weight is 458 g/mol. The molecule has 0 aliphatic carbocycles. The second kappa shape index (κ2) is 9.16. The molecule has 1 fully saturated rings. The van der Waals surface area contributed by atoms with Crippen LogP contribution in [0.25, 0.3) is 21.2 Å². The first-order valence-electron chi connectivity index (χ1n) is 10.4. The van der Waals surface area contributed by atoms with E-state index in [0.717, 1.165) is 59.3 Å². The third-order valence-electron chi connectivity index (χ3n) is 5.82. The SMILES string of the molecule is CC(=O)Nc1cccc(-c2cn(C)c(=O)c3cc(CC4CCN([S+](C)[O-])CC4)sc23)c1. The Morgan fingerprint density at radius 1 is 1.29 bits per heavy atom. The molecule has 1 N–H and O–H groups in total. The molecular formula is C23H27N3O3S2. The van der Waals surface area contributed by atoms with Gasteiger partial charge in [0.1, 0.15) is 6.26 Å². The van der Waals surface area contributed by atoms with E-state index in [-0.39, 0.29) is 11.5 Å². The minimum absolute atomic E-state index is 0.00969. The Hall–Kier alpha value is -2.13. The van der Waals surface area contributed by atoms with Crippen LogP contribution in [0.1, 0.15) is 24.6 Å². The van der Waals surface area contributed by atoms with Crippen LogP contribution in [0.3, 0.4) is 0 Å². The predicted molar refractivity (Wildman–Crippen MR) is 129 cm³/mol. The highest BCUT2D eigenvalue weighted by Crippen LogP contribution is 2.36. The van der Waals surface area contributed by atoms with E-state index in [2.05, 4.69) is 5.32 Å². The number of amides is 1. The number of pyridine rings is 1. The highest BCUT2D eigenvalue weighted by Gasteiger charge is 2.25. The predicted octanol–water partition coefficient (Wildman–Crippen LogP) is 3.77. The molecule has 2 aromatic heterocycles. The fourth-order valence-electron chi connectivity index (χ4n) is 4.23. The van der Waals surface area contributed by atoms with Gasteiger partial charge in [0.05, 0.1) is 5.39 Å². The smallest absolute Gasteiger partial charge is 0.259 e. The number of fused-ring (bicyclic) bond motifs is 1. The first-order valence-corrected chi connectivity index (χ1v) is 12.7. The van der Waals surface area contributed by atoms with E-state index in [1.807, 2.05) is 40.8 Å². The summed E-state index contributed by atoms with van der Waals surface area (Å²) in [7, 11) is 1.78. The molecule has 1 saturated heterocycles. The highest BCUT2D eigenvalue weighted by molar-refractivity contribution is 7.88. The van der Waals surface area contributed by atoms with E-state index in [1.165, 1.54) is 11.8 Å². The van der Waals surface area contributed by atoms with E-state index in [1.54, 1.807) is 29.2 Å². The van der Waals surface area contributed by atoms with Crippen LogP contribution in [0.15, 0.2) is 41.3 Å². The minimum Gasteiger partial charge on any atom is -0.598 e. The van der Waals surface area contributed by atoms with Crippen molar-refractivity contribution in [1.29, 1.82) is 0 Å². The number of nitrogens with zero attached hydrogens (tertiary/aromatic N) is 2. The maximum absolute atomic E-state index is 12.8. The van der Waals surface area contributed by atoms with Crippen molar-refractivity contribution in [2.45, 2.75) is 26.2 Å². The maximum Gasteiger partial charge on any atom is 0.259 e. The minimum atomic E-state index is -0.896.